The van der Waals surface area contributed by atoms with Crippen molar-refractivity contribution in [2.24, 2.45) is 5.84 Å². The molecule has 108 valence electrons. The minimum atomic E-state index is -0.585. The van der Waals surface area contributed by atoms with Gasteiger partial charge in [-0.1, -0.05) is 12.1 Å². The summed E-state index contributed by atoms with van der Waals surface area (Å²) < 4.78 is 5.94. The lowest BCUT2D eigenvalue weighted by atomic mass is 10.1. The second-order valence-electron chi connectivity index (χ2n) is 4.22. The molecule has 0 atom stereocenters. The van der Waals surface area contributed by atoms with Crippen LogP contribution in [-0.4, -0.2) is 23.9 Å². The van der Waals surface area contributed by atoms with E-state index in [-0.39, 0.29) is 5.56 Å². The number of ether oxygens (including phenoxy) is 1. The number of nitrogens with two attached hydrogens (primary N) is 1. The summed E-state index contributed by atoms with van der Waals surface area (Å²) in [5.41, 5.74) is 0.650. The first kappa shape index (κ1) is 15.5. The van der Waals surface area contributed by atoms with Crippen LogP contribution in [0.5, 0.6) is 5.75 Å². The lowest BCUT2D eigenvalue weighted by molar-refractivity contribution is 0.0615. The molecular formula is C15H13IN2O3. The molecule has 0 heterocycles. The monoisotopic (exact) mass is 396 g/mol. The highest BCUT2D eigenvalue weighted by Crippen LogP contribution is 2.15. The van der Waals surface area contributed by atoms with Crippen LogP contribution in [0.25, 0.3) is 0 Å². The first-order chi connectivity index (χ1) is 10.0. The quantitative estimate of drug-likeness (QED) is 0.285. The summed E-state index contributed by atoms with van der Waals surface area (Å²) in [4.78, 5) is 24.4. The highest BCUT2D eigenvalue weighted by Gasteiger charge is 2.21. The zero-order valence-corrected chi connectivity index (χ0v) is 13.4. The molecular weight excluding hydrogens is 383 g/mol. The van der Waals surface area contributed by atoms with Crippen LogP contribution in [0.2, 0.25) is 0 Å². The molecule has 2 N–H and O–H groups in total. The summed E-state index contributed by atoms with van der Waals surface area (Å²) in [5, 5.41) is 0.611. The SMILES string of the molecule is COc1cccc(C(=O)N(N)C(=O)c2cccc(I)c2)c1. The summed E-state index contributed by atoms with van der Waals surface area (Å²) in [6.07, 6.45) is 0. The fourth-order valence-corrected chi connectivity index (χ4v) is 2.29. The predicted molar refractivity (Wildman–Crippen MR) is 86.8 cm³/mol. The van der Waals surface area contributed by atoms with E-state index in [0.29, 0.717) is 16.3 Å². The molecule has 0 aliphatic rings. The molecule has 0 spiro atoms. The summed E-state index contributed by atoms with van der Waals surface area (Å²) in [6, 6.07) is 13.3. The molecule has 2 aromatic rings. The van der Waals surface area contributed by atoms with Crippen LogP contribution in [0.3, 0.4) is 0 Å². The molecule has 0 aromatic heterocycles. The molecule has 0 saturated carbocycles. The van der Waals surface area contributed by atoms with Crippen LogP contribution < -0.4 is 10.6 Å². The van der Waals surface area contributed by atoms with Crippen LogP contribution in [-0.2, 0) is 0 Å². The van der Waals surface area contributed by atoms with E-state index in [4.69, 9.17) is 10.6 Å². The number of halogens is 1. The zero-order valence-electron chi connectivity index (χ0n) is 11.2. The number of methoxy groups -OCH3 is 1. The van der Waals surface area contributed by atoms with Gasteiger partial charge in [-0.3, -0.25) is 9.59 Å². The summed E-state index contributed by atoms with van der Waals surface area (Å²) in [7, 11) is 1.50. The fourth-order valence-electron chi connectivity index (χ4n) is 1.75. The molecule has 6 heteroatoms. The second-order valence-corrected chi connectivity index (χ2v) is 5.47. The van der Waals surface area contributed by atoms with Crippen LogP contribution in [0.15, 0.2) is 48.5 Å². The molecule has 5 nitrogen and oxygen atoms in total. The first-order valence-corrected chi connectivity index (χ1v) is 7.14. The summed E-state index contributed by atoms with van der Waals surface area (Å²) >= 11 is 2.09. The Balaban J connectivity index is 2.24. The van der Waals surface area contributed by atoms with Crippen LogP contribution in [0.4, 0.5) is 0 Å². The molecule has 0 bridgehead atoms. The van der Waals surface area contributed by atoms with E-state index < -0.39 is 11.8 Å². The Morgan fingerprint density at radius 3 is 2.19 bits per heavy atom. The van der Waals surface area contributed by atoms with Gasteiger partial charge in [-0.25, -0.2) is 10.9 Å². The van der Waals surface area contributed by atoms with Gasteiger partial charge in [-0.15, -0.1) is 0 Å². The molecule has 0 radical (unpaired) electrons. The van der Waals surface area contributed by atoms with Gasteiger partial charge in [0.05, 0.1) is 7.11 Å². The number of carbonyl (C=O) groups is 2. The normalized spacial score (nSPS) is 10.0. The average Bonchev–Trinajstić information content (AvgIpc) is 2.52. The van der Waals surface area contributed by atoms with Crippen molar-refractivity contribution in [1.82, 2.24) is 5.01 Å². The van der Waals surface area contributed by atoms with E-state index in [1.807, 2.05) is 6.07 Å². The maximum atomic E-state index is 12.2. The topological polar surface area (TPSA) is 72.6 Å². The van der Waals surface area contributed by atoms with Gasteiger partial charge >= 0.3 is 0 Å². The van der Waals surface area contributed by atoms with Gasteiger partial charge in [-0.2, -0.15) is 0 Å². The largest absolute Gasteiger partial charge is 0.497 e. The number of imide groups is 1. The van der Waals surface area contributed by atoms with E-state index in [1.165, 1.54) is 13.2 Å². The predicted octanol–water partition coefficient (Wildman–Crippen LogP) is 2.46. The van der Waals surface area contributed by atoms with Crippen LogP contribution >= 0.6 is 22.6 Å². The number of hydrogen-bond donors (Lipinski definition) is 1. The Kier molecular flexibility index (Phi) is 4.92. The minimum absolute atomic E-state index is 0.288. The van der Waals surface area contributed by atoms with Crippen LogP contribution in [0.1, 0.15) is 20.7 Å². The highest BCUT2D eigenvalue weighted by atomic mass is 127. The summed E-state index contributed by atoms with van der Waals surface area (Å²) in [5.74, 6) is 5.04. The van der Waals surface area contributed by atoms with E-state index in [0.717, 1.165) is 3.57 Å². The van der Waals surface area contributed by atoms with Gasteiger partial charge in [0.15, 0.2) is 0 Å². The van der Waals surface area contributed by atoms with E-state index in [1.54, 1.807) is 36.4 Å². The molecule has 0 saturated heterocycles. The molecule has 21 heavy (non-hydrogen) atoms. The Morgan fingerprint density at radius 1 is 1.05 bits per heavy atom. The van der Waals surface area contributed by atoms with Crippen molar-refractivity contribution >= 4 is 34.4 Å². The third-order valence-corrected chi connectivity index (χ3v) is 3.50. The molecule has 2 amide bonds. The maximum absolute atomic E-state index is 12.2. The van der Waals surface area contributed by atoms with Crippen molar-refractivity contribution in [2.75, 3.05) is 7.11 Å². The van der Waals surface area contributed by atoms with Crippen molar-refractivity contribution in [3.63, 3.8) is 0 Å². The van der Waals surface area contributed by atoms with Crippen molar-refractivity contribution in [1.29, 1.82) is 0 Å². The molecule has 2 rings (SSSR count). The standard InChI is InChI=1S/C15H13IN2O3/c1-21-13-7-3-5-11(9-13)15(20)18(17)14(19)10-4-2-6-12(16)8-10/h2-9H,17H2,1H3. The first-order valence-electron chi connectivity index (χ1n) is 6.06. The van der Waals surface area contributed by atoms with Crippen molar-refractivity contribution in [2.45, 2.75) is 0 Å². The Bertz CT molecular complexity index is 688. The zero-order chi connectivity index (χ0) is 15.4. The third kappa shape index (κ3) is 3.59. The number of rotatable bonds is 3. The molecule has 2 aromatic carbocycles. The molecule has 0 aliphatic carbocycles. The van der Waals surface area contributed by atoms with E-state index in [2.05, 4.69) is 22.6 Å². The van der Waals surface area contributed by atoms with Crippen molar-refractivity contribution in [3.8, 4) is 5.75 Å². The lowest BCUT2D eigenvalue weighted by Gasteiger charge is -2.15. The number of hydrazine groups is 1. The van der Waals surface area contributed by atoms with Crippen molar-refractivity contribution < 1.29 is 14.3 Å². The Hall–Kier alpha value is -1.93. The number of amides is 2. The van der Waals surface area contributed by atoms with Gasteiger partial charge in [0, 0.05) is 14.7 Å². The third-order valence-electron chi connectivity index (χ3n) is 2.83. The Morgan fingerprint density at radius 2 is 1.62 bits per heavy atom. The molecule has 0 aliphatic heterocycles. The van der Waals surface area contributed by atoms with Gasteiger partial charge in [0.25, 0.3) is 11.8 Å². The van der Waals surface area contributed by atoms with Gasteiger partial charge in [0.1, 0.15) is 5.75 Å². The second kappa shape index (κ2) is 6.68. The average molecular weight is 396 g/mol. The minimum Gasteiger partial charge on any atom is -0.497 e. The molecule has 0 fully saturated rings. The molecule has 0 unspecified atom stereocenters. The van der Waals surface area contributed by atoms with Crippen molar-refractivity contribution in [3.05, 3.63) is 63.2 Å². The van der Waals surface area contributed by atoms with E-state index >= 15 is 0 Å². The van der Waals surface area contributed by atoms with Gasteiger partial charge in [0.2, 0.25) is 0 Å². The fraction of sp³-hybridized carbons (Fsp3) is 0.0667. The van der Waals surface area contributed by atoms with Gasteiger partial charge < -0.3 is 4.74 Å². The van der Waals surface area contributed by atoms with Gasteiger partial charge in [-0.05, 0) is 59.0 Å². The lowest BCUT2D eigenvalue weighted by Crippen LogP contribution is -2.42. The number of hydrogen-bond acceptors (Lipinski definition) is 4. The number of nitrogens with zero attached hydrogens (tertiary/aromatic N) is 1. The maximum Gasteiger partial charge on any atom is 0.275 e. The summed E-state index contributed by atoms with van der Waals surface area (Å²) in [6.45, 7) is 0. The van der Waals surface area contributed by atoms with E-state index in [9.17, 15) is 9.59 Å². The van der Waals surface area contributed by atoms with Crippen LogP contribution in [0, 0.1) is 3.57 Å². The number of benzene rings is 2. The smallest absolute Gasteiger partial charge is 0.275 e. The Labute approximate surface area is 135 Å². The highest BCUT2D eigenvalue weighted by molar-refractivity contribution is 14.1. The number of carbonyl (C=O) groups excluding carboxylic acids is 2.